The van der Waals surface area contributed by atoms with Gasteiger partial charge in [0.15, 0.2) is 0 Å². The van der Waals surface area contributed by atoms with Crippen LogP contribution in [0.1, 0.15) is 22.5 Å². The number of hydrogen-bond acceptors (Lipinski definition) is 6. The van der Waals surface area contributed by atoms with Crippen LogP contribution < -0.4 is 0 Å². The third kappa shape index (κ3) is 2.98. The van der Waals surface area contributed by atoms with E-state index in [0.29, 0.717) is 12.8 Å². The van der Waals surface area contributed by atoms with E-state index < -0.39 is 28.0 Å². The zero-order chi connectivity index (χ0) is 15.8. The van der Waals surface area contributed by atoms with Crippen LogP contribution in [0.15, 0.2) is 14.7 Å². The van der Waals surface area contributed by atoms with Crippen molar-refractivity contribution in [3.05, 3.63) is 14.7 Å². The smallest absolute Gasteiger partial charge is 0.345 e. The predicted molar refractivity (Wildman–Crippen MR) is 77.9 cm³/mol. The number of halogens is 1. The first-order valence-electron chi connectivity index (χ1n) is 5.91. The molecular formula is C11H12BrNO6S2. The molecule has 0 bridgehead atoms. The number of carboxylic acid groups (broad SMARTS) is 1. The lowest BCUT2D eigenvalue weighted by atomic mass is 10.2. The molecule has 1 aromatic rings. The third-order valence-electron chi connectivity index (χ3n) is 3.13. The average molecular weight is 398 g/mol. The number of carboxylic acids is 1. The van der Waals surface area contributed by atoms with E-state index in [-0.39, 0.29) is 20.1 Å². The summed E-state index contributed by atoms with van der Waals surface area (Å²) >= 11 is 3.89. The minimum Gasteiger partial charge on any atom is -0.477 e. The average Bonchev–Trinajstić information content (AvgIpc) is 3.04. The SMILES string of the molecule is COC(=O)C1CCCN1S(=O)(=O)c1cc(C(=O)O)sc1Br. The molecule has 1 N–H and O–H groups in total. The number of methoxy groups -OCH3 is 1. The number of thiophene rings is 1. The summed E-state index contributed by atoms with van der Waals surface area (Å²) in [6.07, 6.45) is 0.936. The van der Waals surface area contributed by atoms with Gasteiger partial charge in [-0.2, -0.15) is 4.31 Å². The molecule has 0 aliphatic carbocycles. The normalized spacial score (nSPS) is 19.6. The van der Waals surface area contributed by atoms with Crippen LogP contribution >= 0.6 is 27.3 Å². The first-order valence-corrected chi connectivity index (χ1v) is 8.96. The third-order valence-corrected chi connectivity index (χ3v) is 7.28. The zero-order valence-corrected chi connectivity index (χ0v) is 14.1. The minimum atomic E-state index is -3.95. The van der Waals surface area contributed by atoms with Crippen molar-refractivity contribution < 1.29 is 27.9 Å². The molecule has 2 rings (SSSR count). The van der Waals surface area contributed by atoms with Crippen molar-refractivity contribution in [3.8, 4) is 0 Å². The Hall–Kier alpha value is -0.970. The lowest BCUT2D eigenvalue weighted by molar-refractivity contribution is -0.144. The van der Waals surface area contributed by atoms with Gasteiger partial charge in [0.2, 0.25) is 10.0 Å². The van der Waals surface area contributed by atoms with Gasteiger partial charge in [-0.15, -0.1) is 11.3 Å². The van der Waals surface area contributed by atoms with Gasteiger partial charge in [0, 0.05) is 6.54 Å². The summed E-state index contributed by atoms with van der Waals surface area (Å²) in [4.78, 5) is 22.4. The predicted octanol–water partition coefficient (Wildman–Crippen LogP) is 1.53. The van der Waals surface area contributed by atoms with Gasteiger partial charge >= 0.3 is 11.9 Å². The molecule has 1 unspecified atom stereocenters. The van der Waals surface area contributed by atoms with E-state index >= 15 is 0 Å². The van der Waals surface area contributed by atoms with Gasteiger partial charge in [0.25, 0.3) is 0 Å². The number of esters is 1. The number of hydrogen-bond donors (Lipinski definition) is 1. The van der Waals surface area contributed by atoms with E-state index in [9.17, 15) is 18.0 Å². The second-order valence-corrected chi connectivity index (χ2v) is 8.58. The lowest BCUT2D eigenvalue weighted by Crippen LogP contribution is -2.41. The molecule has 0 amide bonds. The summed E-state index contributed by atoms with van der Waals surface area (Å²) in [6.45, 7) is 0.201. The number of aromatic carboxylic acids is 1. The van der Waals surface area contributed by atoms with Crippen molar-refractivity contribution in [3.63, 3.8) is 0 Å². The molecule has 0 aromatic carbocycles. The Bertz CT molecular complexity index is 683. The summed E-state index contributed by atoms with van der Waals surface area (Å²) in [6, 6.07) is 0.235. The summed E-state index contributed by atoms with van der Waals surface area (Å²) < 4.78 is 31.1. The van der Waals surface area contributed by atoms with Crippen molar-refractivity contribution >= 4 is 49.2 Å². The number of nitrogens with zero attached hydrogens (tertiary/aromatic N) is 1. The van der Waals surface area contributed by atoms with Gasteiger partial charge in [0.1, 0.15) is 15.8 Å². The highest BCUT2D eigenvalue weighted by molar-refractivity contribution is 9.11. The Morgan fingerprint density at radius 2 is 2.19 bits per heavy atom. The van der Waals surface area contributed by atoms with Gasteiger partial charge < -0.3 is 9.84 Å². The Labute approximate surface area is 133 Å². The van der Waals surface area contributed by atoms with E-state index in [1.807, 2.05) is 0 Å². The van der Waals surface area contributed by atoms with Crippen LogP contribution in [0.4, 0.5) is 0 Å². The van der Waals surface area contributed by atoms with E-state index in [4.69, 9.17) is 5.11 Å². The molecule has 1 saturated heterocycles. The molecule has 116 valence electrons. The number of rotatable bonds is 4. The molecule has 0 saturated carbocycles. The molecule has 10 heteroatoms. The molecule has 1 aliphatic heterocycles. The van der Waals surface area contributed by atoms with Crippen LogP contribution in [0.2, 0.25) is 0 Å². The fraction of sp³-hybridized carbons (Fsp3) is 0.455. The fourth-order valence-corrected chi connectivity index (χ4v) is 6.16. The molecule has 0 spiro atoms. The molecule has 21 heavy (non-hydrogen) atoms. The first kappa shape index (κ1) is 16.4. The van der Waals surface area contributed by atoms with Crippen molar-refractivity contribution in [2.24, 2.45) is 0 Å². The van der Waals surface area contributed by atoms with Crippen LogP contribution in [0, 0.1) is 0 Å². The van der Waals surface area contributed by atoms with Gasteiger partial charge in [-0.05, 0) is 34.8 Å². The Morgan fingerprint density at radius 3 is 2.71 bits per heavy atom. The molecule has 1 atom stereocenters. The Balaban J connectivity index is 2.42. The summed E-state index contributed by atoms with van der Waals surface area (Å²) in [5, 5.41) is 8.94. The van der Waals surface area contributed by atoms with Gasteiger partial charge in [-0.25, -0.2) is 13.2 Å². The highest BCUT2D eigenvalue weighted by Crippen LogP contribution is 2.36. The molecular weight excluding hydrogens is 386 g/mol. The van der Waals surface area contributed by atoms with Crippen molar-refractivity contribution in [2.45, 2.75) is 23.8 Å². The van der Waals surface area contributed by atoms with E-state index in [1.165, 1.54) is 7.11 Å². The molecule has 1 aromatic heterocycles. The monoisotopic (exact) mass is 397 g/mol. The number of carbonyl (C=O) groups excluding carboxylic acids is 1. The minimum absolute atomic E-state index is 0.0886. The van der Waals surface area contributed by atoms with E-state index in [2.05, 4.69) is 20.7 Å². The van der Waals surface area contributed by atoms with E-state index in [1.54, 1.807) is 0 Å². The molecule has 7 nitrogen and oxygen atoms in total. The van der Waals surface area contributed by atoms with Crippen LogP contribution in [0.5, 0.6) is 0 Å². The standard InChI is InChI=1S/C11H12BrNO6S2/c1-19-11(16)6-3-2-4-13(6)21(17,18)8-5-7(10(14)15)20-9(8)12/h5-6H,2-4H2,1H3,(H,14,15). The van der Waals surface area contributed by atoms with Crippen molar-refractivity contribution in [1.29, 1.82) is 0 Å². The highest BCUT2D eigenvalue weighted by atomic mass is 79.9. The number of sulfonamides is 1. The van der Waals surface area contributed by atoms with Crippen LogP contribution in [0.3, 0.4) is 0 Å². The lowest BCUT2D eigenvalue weighted by Gasteiger charge is -2.21. The van der Waals surface area contributed by atoms with Gasteiger partial charge in [-0.3, -0.25) is 4.79 Å². The maximum Gasteiger partial charge on any atom is 0.345 e. The quantitative estimate of drug-likeness (QED) is 0.773. The Kier molecular flexibility index (Phi) is 4.71. The summed E-state index contributed by atoms with van der Waals surface area (Å²) in [5.74, 6) is -1.81. The maximum atomic E-state index is 12.6. The Morgan fingerprint density at radius 1 is 1.52 bits per heavy atom. The van der Waals surface area contributed by atoms with Crippen molar-refractivity contribution in [1.82, 2.24) is 4.31 Å². The van der Waals surface area contributed by atoms with E-state index in [0.717, 1.165) is 21.7 Å². The van der Waals surface area contributed by atoms with Gasteiger partial charge in [0.05, 0.1) is 10.9 Å². The molecule has 1 fully saturated rings. The maximum absolute atomic E-state index is 12.6. The second kappa shape index (κ2) is 6.03. The second-order valence-electron chi connectivity index (χ2n) is 4.35. The van der Waals surface area contributed by atoms with Crippen LogP contribution in [-0.4, -0.2) is 49.5 Å². The first-order chi connectivity index (χ1) is 9.78. The molecule has 1 aliphatic rings. The van der Waals surface area contributed by atoms with Crippen LogP contribution in [-0.2, 0) is 19.6 Å². The van der Waals surface area contributed by atoms with Crippen LogP contribution in [0.25, 0.3) is 0 Å². The number of carbonyl (C=O) groups is 2. The van der Waals surface area contributed by atoms with Crippen molar-refractivity contribution in [2.75, 3.05) is 13.7 Å². The largest absolute Gasteiger partial charge is 0.477 e. The van der Waals surface area contributed by atoms with Gasteiger partial charge in [-0.1, -0.05) is 0 Å². The number of ether oxygens (including phenoxy) is 1. The zero-order valence-electron chi connectivity index (χ0n) is 10.9. The highest BCUT2D eigenvalue weighted by Gasteiger charge is 2.41. The summed E-state index contributed by atoms with van der Waals surface area (Å²) in [7, 11) is -2.75. The molecule has 0 radical (unpaired) electrons. The topological polar surface area (TPSA) is 101 Å². The molecule has 2 heterocycles. The fourth-order valence-electron chi connectivity index (χ4n) is 2.16. The summed E-state index contributed by atoms with van der Waals surface area (Å²) in [5.41, 5.74) is 0.